The number of hydrogen-bond acceptors (Lipinski definition) is 2. The Bertz CT molecular complexity index is 487. The van der Waals surface area contributed by atoms with Crippen LogP contribution in [0, 0.1) is 0 Å². The Balaban J connectivity index is 2.29. The molecule has 0 aliphatic carbocycles. The van der Waals surface area contributed by atoms with Crippen molar-refractivity contribution < 1.29 is 9.47 Å². The molecule has 0 radical (unpaired) electrons. The number of hydrogen-bond donors (Lipinski definition) is 0. The highest BCUT2D eigenvalue weighted by atomic mass is 16.6. The molecule has 0 saturated carbocycles. The van der Waals surface area contributed by atoms with Crippen LogP contribution in [0.15, 0.2) is 18.2 Å². The Hall–Kier alpha value is -1.02. The minimum atomic E-state index is 0.166. The monoisotopic (exact) mass is 304 g/mol. The third kappa shape index (κ3) is 4.25. The lowest BCUT2D eigenvalue weighted by atomic mass is 9.82. The number of benzene rings is 1. The summed E-state index contributed by atoms with van der Waals surface area (Å²) in [6.45, 7) is 14.2. The molecular formula is C20H32O2. The molecule has 1 fully saturated rings. The molecule has 0 spiro atoms. The first-order valence-electron chi connectivity index (χ1n) is 8.79. The van der Waals surface area contributed by atoms with Gasteiger partial charge in [-0.2, -0.15) is 0 Å². The van der Waals surface area contributed by atoms with Gasteiger partial charge in [0.1, 0.15) is 5.75 Å². The Morgan fingerprint density at radius 3 is 2.41 bits per heavy atom. The van der Waals surface area contributed by atoms with Crippen LogP contribution in [0.2, 0.25) is 0 Å². The SMILES string of the molecule is CCCOc1ccc(C(C)(C)C)cc1C(CC)CC1OC1C. The van der Waals surface area contributed by atoms with Gasteiger partial charge in [0, 0.05) is 0 Å². The van der Waals surface area contributed by atoms with Crippen LogP contribution in [0.25, 0.3) is 0 Å². The quantitative estimate of drug-likeness (QED) is 0.625. The molecule has 2 heteroatoms. The van der Waals surface area contributed by atoms with Crippen molar-refractivity contribution in [1.82, 2.24) is 0 Å². The summed E-state index contributed by atoms with van der Waals surface area (Å²) in [4.78, 5) is 0. The predicted octanol–water partition coefficient (Wildman–Crippen LogP) is 5.44. The molecule has 1 aromatic rings. The van der Waals surface area contributed by atoms with Crippen LogP contribution in [0.1, 0.15) is 77.8 Å². The maximum atomic E-state index is 6.02. The second kappa shape index (κ2) is 7.04. The van der Waals surface area contributed by atoms with Crippen molar-refractivity contribution in [2.45, 2.75) is 84.3 Å². The predicted molar refractivity (Wildman–Crippen MR) is 92.9 cm³/mol. The van der Waals surface area contributed by atoms with E-state index in [0.29, 0.717) is 18.1 Å². The van der Waals surface area contributed by atoms with Crippen molar-refractivity contribution in [2.24, 2.45) is 0 Å². The molecule has 2 nitrogen and oxygen atoms in total. The molecule has 124 valence electrons. The zero-order valence-electron chi connectivity index (χ0n) is 15.1. The Kier molecular flexibility index (Phi) is 5.55. The largest absolute Gasteiger partial charge is 0.493 e. The van der Waals surface area contributed by atoms with Crippen LogP contribution in [0.4, 0.5) is 0 Å². The molecule has 1 aliphatic rings. The van der Waals surface area contributed by atoms with Crippen molar-refractivity contribution in [2.75, 3.05) is 6.61 Å². The molecular weight excluding hydrogens is 272 g/mol. The molecule has 0 aromatic heterocycles. The van der Waals surface area contributed by atoms with E-state index in [4.69, 9.17) is 9.47 Å². The van der Waals surface area contributed by atoms with E-state index in [-0.39, 0.29) is 5.41 Å². The van der Waals surface area contributed by atoms with Gasteiger partial charge in [0.25, 0.3) is 0 Å². The molecule has 0 bridgehead atoms. The number of ether oxygens (including phenoxy) is 2. The number of rotatable bonds is 7. The van der Waals surface area contributed by atoms with E-state index in [1.807, 2.05) is 0 Å². The summed E-state index contributed by atoms with van der Waals surface area (Å²) in [5, 5.41) is 0. The third-order valence-corrected chi connectivity index (χ3v) is 4.62. The van der Waals surface area contributed by atoms with Crippen molar-refractivity contribution in [3.8, 4) is 5.75 Å². The minimum Gasteiger partial charge on any atom is -0.493 e. The summed E-state index contributed by atoms with van der Waals surface area (Å²) in [7, 11) is 0. The van der Waals surface area contributed by atoms with Crippen LogP contribution in [-0.2, 0) is 10.2 Å². The zero-order valence-corrected chi connectivity index (χ0v) is 15.1. The maximum Gasteiger partial charge on any atom is 0.122 e. The maximum absolute atomic E-state index is 6.02. The average Bonchev–Trinajstić information content (AvgIpc) is 3.16. The van der Waals surface area contributed by atoms with E-state index in [2.05, 4.69) is 59.7 Å². The highest BCUT2D eigenvalue weighted by Gasteiger charge is 2.36. The van der Waals surface area contributed by atoms with Crippen molar-refractivity contribution in [3.05, 3.63) is 29.3 Å². The van der Waals surface area contributed by atoms with Crippen LogP contribution >= 0.6 is 0 Å². The third-order valence-electron chi connectivity index (χ3n) is 4.62. The Morgan fingerprint density at radius 2 is 1.91 bits per heavy atom. The first-order valence-corrected chi connectivity index (χ1v) is 8.79. The molecule has 3 unspecified atom stereocenters. The fourth-order valence-electron chi connectivity index (χ4n) is 2.95. The first kappa shape index (κ1) is 17.3. The number of epoxide rings is 1. The van der Waals surface area contributed by atoms with E-state index in [1.165, 1.54) is 11.1 Å². The molecule has 0 N–H and O–H groups in total. The summed E-state index contributed by atoms with van der Waals surface area (Å²) in [5.74, 6) is 1.58. The van der Waals surface area contributed by atoms with E-state index in [9.17, 15) is 0 Å². The fraction of sp³-hybridized carbons (Fsp3) is 0.700. The fourth-order valence-corrected chi connectivity index (χ4v) is 2.95. The lowest BCUT2D eigenvalue weighted by Gasteiger charge is -2.24. The average molecular weight is 304 g/mol. The van der Waals surface area contributed by atoms with Gasteiger partial charge in [-0.1, -0.05) is 46.8 Å². The molecule has 1 aromatic carbocycles. The van der Waals surface area contributed by atoms with E-state index < -0.39 is 0 Å². The molecule has 22 heavy (non-hydrogen) atoms. The van der Waals surface area contributed by atoms with Gasteiger partial charge >= 0.3 is 0 Å². The summed E-state index contributed by atoms with van der Waals surface area (Å²) in [6.07, 6.45) is 4.14. The van der Waals surface area contributed by atoms with Crippen LogP contribution in [-0.4, -0.2) is 18.8 Å². The van der Waals surface area contributed by atoms with Gasteiger partial charge in [0.2, 0.25) is 0 Å². The molecule has 3 atom stereocenters. The lowest BCUT2D eigenvalue weighted by Crippen LogP contribution is -2.14. The molecule has 2 rings (SSSR count). The summed E-state index contributed by atoms with van der Waals surface area (Å²) >= 11 is 0. The van der Waals surface area contributed by atoms with Crippen molar-refractivity contribution in [3.63, 3.8) is 0 Å². The zero-order chi connectivity index (χ0) is 16.3. The molecule has 1 aliphatic heterocycles. The van der Waals surface area contributed by atoms with Gasteiger partial charge in [0.05, 0.1) is 18.8 Å². The second-order valence-corrected chi connectivity index (χ2v) is 7.57. The smallest absolute Gasteiger partial charge is 0.122 e. The van der Waals surface area contributed by atoms with Gasteiger partial charge in [0.15, 0.2) is 0 Å². The van der Waals surface area contributed by atoms with Gasteiger partial charge in [-0.25, -0.2) is 0 Å². The summed E-state index contributed by atoms with van der Waals surface area (Å²) in [5.41, 5.74) is 2.92. The molecule has 1 heterocycles. The van der Waals surface area contributed by atoms with E-state index in [1.54, 1.807) is 0 Å². The van der Waals surface area contributed by atoms with E-state index in [0.717, 1.165) is 31.6 Å². The standard InChI is InChI=1S/C20H32O2/c1-7-11-21-18-10-9-16(20(4,5)6)13-17(18)15(8-2)12-19-14(3)22-19/h9-10,13-15,19H,7-8,11-12H2,1-6H3. The second-order valence-electron chi connectivity index (χ2n) is 7.57. The van der Waals surface area contributed by atoms with Crippen LogP contribution in [0.3, 0.4) is 0 Å². The van der Waals surface area contributed by atoms with Crippen molar-refractivity contribution >= 4 is 0 Å². The Morgan fingerprint density at radius 1 is 1.23 bits per heavy atom. The highest BCUT2D eigenvalue weighted by molar-refractivity contribution is 5.42. The molecule has 1 saturated heterocycles. The van der Waals surface area contributed by atoms with Crippen molar-refractivity contribution in [1.29, 1.82) is 0 Å². The minimum absolute atomic E-state index is 0.166. The van der Waals surface area contributed by atoms with Gasteiger partial charge in [-0.05, 0) is 54.7 Å². The topological polar surface area (TPSA) is 21.8 Å². The van der Waals surface area contributed by atoms with Crippen LogP contribution < -0.4 is 4.74 Å². The highest BCUT2D eigenvalue weighted by Crippen LogP contribution is 2.39. The van der Waals surface area contributed by atoms with Gasteiger partial charge in [-0.15, -0.1) is 0 Å². The first-order chi connectivity index (χ1) is 10.4. The summed E-state index contributed by atoms with van der Waals surface area (Å²) in [6, 6.07) is 6.76. The molecule has 0 amide bonds. The van der Waals surface area contributed by atoms with Crippen LogP contribution in [0.5, 0.6) is 5.75 Å². The van der Waals surface area contributed by atoms with E-state index >= 15 is 0 Å². The lowest BCUT2D eigenvalue weighted by molar-refractivity contribution is 0.308. The van der Waals surface area contributed by atoms with Gasteiger partial charge < -0.3 is 9.47 Å². The van der Waals surface area contributed by atoms with Gasteiger partial charge in [-0.3, -0.25) is 0 Å². The Labute approximate surface area is 136 Å². The summed E-state index contributed by atoms with van der Waals surface area (Å²) < 4.78 is 11.7. The normalized spacial score (nSPS) is 22.5.